The minimum absolute atomic E-state index is 0.317. The highest BCUT2D eigenvalue weighted by molar-refractivity contribution is 5.62. The van der Waals surface area contributed by atoms with Gasteiger partial charge in [-0.25, -0.2) is 4.79 Å². The van der Waals surface area contributed by atoms with Gasteiger partial charge in [0, 0.05) is 6.61 Å². The number of unbranched alkanes of at least 4 members (excludes halogenated alkanes) is 11. The Hall–Kier alpha value is -2.29. The maximum absolute atomic E-state index is 10.6. The van der Waals surface area contributed by atoms with Gasteiger partial charge in [-0.2, -0.15) is 10.2 Å². The van der Waals surface area contributed by atoms with Crippen molar-refractivity contribution in [2.24, 2.45) is 10.2 Å². The van der Waals surface area contributed by atoms with E-state index in [2.05, 4.69) is 17.2 Å². The van der Waals surface area contributed by atoms with Gasteiger partial charge in [0.25, 0.3) is 0 Å². The van der Waals surface area contributed by atoms with E-state index < -0.39 is 0 Å². The van der Waals surface area contributed by atoms with E-state index in [-0.39, 0.29) is 6.04 Å². The van der Waals surface area contributed by atoms with E-state index in [9.17, 15) is 4.79 Å². The Morgan fingerprint density at radius 1 is 0.839 bits per heavy atom. The zero-order valence-electron chi connectivity index (χ0n) is 19.2. The molecule has 1 aliphatic carbocycles. The highest BCUT2D eigenvalue weighted by Crippen LogP contribution is 2.17. The lowest BCUT2D eigenvalue weighted by atomic mass is 10.1. The lowest BCUT2D eigenvalue weighted by Crippen LogP contribution is -2.04. The largest absolute Gasteiger partial charge is 0.396 e. The number of hydrogen-bond acceptors (Lipinski definition) is 4. The van der Waals surface area contributed by atoms with Crippen molar-refractivity contribution in [1.29, 1.82) is 0 Å². The fourth-order valence-electron chi connectivity index (χ4n) is 3.30. The second kappa shape index (κ2) is 19.7. The third kappa shape index (κ3) is 14.4. The van der Waals surface area contributed by atoms with Crippen LogP contribution in [0.5, 0.6) is 0 Å². The van der Waals surface area contributed by atoms with E-state index in [0.717, 1.165) is 12.1 Å². The maximum atomic E-state index is 10.6. The van der Waals surface area contributed by atoms with Gasteiger partial charge in [-0.05, 0) is 24.6 Å². The summed E-state index contributed by atoms with van der Waals surface area (Å²) in [4.78, 5) is 10.6. The van der Waals surface area contributed by atoms with E-state index >= 15 is 0 Å². The molecule has 0 aromatic heterocycles. The molecule has 1 aliphatic rings. The molecule has 0 amide bonds. The Labute approximate surface area is 188 Å². The van der Waals surface area contributed by atoms with Crippen LogP contribution in [0.15, 0.2) is 70.4 Å². The molecule has 31 heavy (non-hydrogen) atoms. The number of allylic oxidation sites excluding steroid dienone is 2. The summed E-state index contributed by atoms with van der Waals surface area (Å²) >= 11 is 0. The molecule has 0 spiro atoms. The van der Waals surface area contributed by atoms with Crippen molar-refractivity contribution in [2.75, 3.05) is 6.61 Å². The van der Waals surface area contributed by atoms with Gasteiger partial charge >= 0.3 is 0 Å². The summed E-state index contributed by atoms with van der Waals surface area (Å²) in [6.07, 6.45) is 23.4. The SMILES string of the molecule is CCCCCCCCCCCCCCO.O=C=C1C=CC=CC1N=Nc1ccccc1. The third-order valence-corrected chi connectivity index (χ3v) is 5.18. The Balaban J connectivity index is 0.000000311. The zero-order chi connectivity index (χ0) is 22.4. The molecule has 0 bridgehead atoms. The minimum atomic E-state index is -0.317. The summed E-state index contributed by atoms with van der Waals surface area (Å²) in [7, 11) is 0. The molecule has 0 radical (unpaired) electrons. The van der Waals surface area contributed by atoms with Crippen LogP contribution in [0.25, 0.3) is 0 Å². The molecule has 4 nitrogen and oxygen atoms in total. The molecule has 1 atom stereocenters. The smallest absolute Gasteiger partial charge is 0.130 e. The van der Waals surface area contributed by atoms with Crippen molar-refractivity contribution in [3.8, 4) is 0 Å². The van der Waals surface area contributed by atoms with E-state index in [0.29, 0.717) is 12.2 Å². The Bertz CT molecular complexity index is 676. The molecule has 0 fully saturated rings. The van der Waals surface area contributed by atoms with Crippen LogP contribution in [-0.2, 0) is 4.79 Å². The van der Waals surface area contributed by atoms with Crippen LogP contribution >= 0.6 is 0 Å². The fourth-order valence-corrected chi connectivity index (χ4v) is 3.30. The second-order valence-electron chi connectivity index (χ2n) is 7.91. The van der Waals surface area contributed by atoms with Gasteiger partial charge in [0.05, 0.1) is 11.3 Å². The topological polar surface area (TPSA) is 62.0 Å². The molecule has 0 aliphatic heterocycles. The number of benzene rings is 1. The Morgan fingerprint density at radius 3 is 1.97 bits per heavy atom. The quantitative estimate of drug-likeness (QED) is 0.189. The second-order valence-corrected chi connectivity index (χ2v) is 7.91. The van der Waals surface area contributed by atoms with Crippen molar-refractivity contribution < 1.29 is 9.90 Å². The first-order valence-electron chi connectivity index (χ1n) is 12.0. The molecule has 0 saturated carbocycles. The first-order chi connectivity index (χ1) is 15.3. The van der Waals surface area contributed by atoms with Crippen molar-refractivity contribution in [1.82, 2.24) is 0 Å². The number of azo groups is 1. The van der Waals surface area contributed by atoms with Gasteiger partial charge in [0.2, 0.25) is 0 Å². The van der Waals surface area contributed by atoms with Gasteiger partial charge in [0.15, 0.2) is 0 Å². The first kappa shape index (κ1) is 26.7. The summed E-state index contributed by atoms with van der Waals surface area (Å²) in [5, 5.41) is 16.8. The number of aliphatic hydroxyl groups excluding tert-OH is 1. The van der Waals surface area contributed by atoms with Gasteiger partial charge < -0.3 is 5.11 Å². The van der Waals surface area contributed by atoms with Crippen LogP contribution in [-0.4, -0.2) is 23.7 Å². The molecule has 1 aromatic carbocycles. The van der Waals surface area contributed by atoms with Crippen LogP contribution in [0.2, 0.25) is 0 Å². The Morgan fingerprint density at radius 2 is 1.42 bits per heavy atom. The number of aliphatic hydroxyl groups is 1. The molecule has 1 unspecified atom stereocenters. The normalized spacial score (nSPS) is 15.0. The van der Waals surface area contributed by atoms with Crippen molar-refractivity contribution in [3.63, 3.8) is 0 Å². The van der Waals surface area contributed by atoms with Crippen LogP contribution in [0.1, 0.15) is 84.0 Å². The van der Waals surface area contributed by atoms with Gasteiger partial charge in [-0.3, -0.25) is 0 Å². The minimum Gasteiger partial charge on any atom is -0.396 e. The van der Waals surface area contributed by atoms with E-state index in [1.165, 1.54) is 70.6 Å². The standard InChI is InChI=1S/C14H30O.C13H10N2O/c1-2-3-4-5-6-7-8-9-10-11-12-13-14-15;16-10-11-6-4-5-9-13(11)15-14-12-7-2-1-3-8-12/h15H,2-14H2,1H3;1-9,13H. The van der Waals surface area contributed by atoms with Crippen molar-refractivity contribution >= 4 is 11.6 Å². The van der Waals surface area contributed by atoms with Gasteiger partial charge in [-0.1, -0.05) is 114 Å². The zero-order valence-corrected chi connectivity index (χ0v) is 19.2. The third-order valence-electron chi connectivity index (χ3n) is 5.18. The lowest BCUT2D eigenvalue weighted by molar-refractivity contribution is 0.282. The van der Waals surface area contributed by atoms with Crippen LogP contribution < -0.4 is 0 Å². The summed E-state index contributed by atoms with van der Waals surface area (Å²) in [6.45, 7) is 2.64. The molecular formula is C27H40N2O2. The summed E-state index contributed by atoms with van der Waals surface area (Å²) in [5.41, 5.74) is 1.28. The van der Waals surface area contributed by atoms with Crippen LogP contribution in [0.4, 0.5) is 5.69 Å². The monoisotopic (exact) mass is 424 g/mol. The fraction of sp³-hybridized carbons (Fsp3) is 0.556. The number of rotatable bonds is 14. The molecule has 170 valence electrons. The summed E-state index contributed by atoms with van der Waals surface area (Å²) < 4.78 is 0. The van der Waals surface area contributed by atoms with Gasteiger partial charge in [0.1, 0.15) is 12.0 Å². The van der Waals surface area contributed by atoms with Gasteiger partial charge in [-0.15, -0.1) is 0 Å². The summed E-state index contributed by atoms with van der Waals surface area (Å²) in [6, 6.07) is 9.09. The number of carbonyl (C=O) groups excluding carboxylic acids is 1. The maximum Gasteiger partial charge on any atom is 0.130 e. The van der Waals surface area contributed by atoms with E-state index in [1.807, 2.05) is 48.4 Å². The predicted octanol–water partition coefficient (Wildman–Crippen LogP) is 7.70. The van der Waals surface area contributed by atoms with Crippen LogP contribution in [0, 0.1) is 0 Å². The molecular weight excluding hydrogens is 384 g/mol. The lowest BCUT2D eigenvalue weighted by Gasteiger charge is -2.06. The number of hydrogen-bond donors (Lipinski definition) is 1. The molecule has 0 heterocycles. The summed E-state index contributed by atoms with van der Waals surface area (Å²) in [5.74, 6) is 1.87. The Kier molecular flexibility index (Phi) is 17.0. The molecule has 1 aromatic rings. The van der Waals surface area contributed by atoms with E-state index in [1.54, 1.807) is 12.2 Å². The average molecular weight is 425 g/mol. The van der Waals surface area contributed by atoms with Crippen molar-refractivity contribution in [3.05, 3.63) is 60.2 Å². The first-order valence-corrected chi connectivity index (χ1v) is 12.0. The average Bonchev–Trinajstić information content (AvgIpc) is 2.82. The molecule has 0 saturated heterocycles. The van der Waals surface area contributed by atoms with E-state index in [4.69, 9.17) is 5.11 Å². The molecule has 2 rings (SSSR count). The number of nitrogens with zero attached hydrogens (tertiary/aromatic N) is 2. The van der Waals surface area contributed by atoms with Crippen LogP contribution in [0.3, 0.4) is 0 Å². The highest BCUT2D eigenvalue weighted by Gasteiger charge is 2.10. The highest BCUT2D eigenvalue weighted by atomic mass is 16.2. The predicted molar refractivity (Wildman–Crippen MR) is 130 cm³/mol. The van der Waals surface area contributed by atoms with Crippen molar-refractivity contribution in [2.45, 2.75) is 90.0 Å². The molecule has 4 heteroatoms. The molecule has 1 N–H and O–H groups in total.